The number of nitrogens with one attached hydrogen (secondary N) is 1. The first-order valence-corrected chi connectivity index (χ1v) is 8.15. The molecule has 1 N–H and O–H groups in total. The van der Waals surface area contributed by atoms with Crippen LogP contribution in [0.5, 0.6) is 0 Å². The van der Waals surface area contributed by atoms with Crippen molar-refractivity contribution in [3.63, 3.8) is 0 Å². The Morgan fingerprint density at radius 2 is 1.95 bits per heavy atom. The third-order valence-corrected chi connectivity index (χ3v) is 4.84. The number of furan rings is 1. The summed E-state index contributed by atoms with van der Waals surface area (Å²) < 4.78 is 5.64. The van der Waals surface area contributed by atoms with Crippen LogP contribution in [0, 0.1) is 26.7 Å². The van der Waals surface area contributed by atoms with Crippen LogP contribution in [-0.4, -0.2) is 36.5 Å². The van der Waals surface area contributed by atoms with E-state index in [9.17, 15) is 4.79 Å². The number of carbonyl (C=O) groups excluding carboxylic acids is 1. The smallest absolute Gasteiger partial charge is 0.257 e. The highest BCUT2D eigenvalue weighted by Crippen LogP contribution is 2.31. The highest BCUT2D eigenvalue weighted by atomic mass is 16.3. The summed E-state index contributed by atoms with van der Waals surface area (Å²) in [6, 6.07) is 0.460. The van der Waals surface area contributed by atoms with Gasteiger partial charge in [-0.1, -0.05) is 0 Å². The second-order valence-corrected chi connectivity index (χ2v) is 6.66. The van der Waals surface area contributed by atoms with Gasteiger partial charge in [-0.05, 0) is 58.9 Å². The van der Waals surface area contributed by atoms with Gasteiger partial charge in [-0.25, -0.2) is 0 Å². The summed E-state index contributed by atoms with van der Waals surface area (Å²) in [5, 5.41) is 3.50. The summed E-state index contributed by atoms with van der Waals surface area (Å²) in [6.45, 7) is 8.64. The van der Waals surface area contributed by atoms with Crippen molar-refractivity contribution >= 4 is 5.91 Å². The van der Waals surface area contributed by atoms with E-state index < -0.39 is 0 Å². The minimum Gasteiger partial charge on any atom is -0.466 e. The van der Waals surface area contributed by atoms with Crippen LogP contribution in [0.3, 0.4) is 0 Å². The van der Waals surface area contributed by atoms with Crippen LogP contribution in [0.1, 0.15) is 53.1 Å². The Hall–Kier alpha value is -1.29. The third kappa shape index (κ3) is 3.15. The molecular formula is C17H26N2O2. The number of nitrogens with zero attached hydrogens (tertiary/aromatic N) is 1. The first kappa shape index (κ1) is 14.6. The molecule has 1 aliphatic carbocycles. The molecule has 1 aromatic rings. The molecule has 2 fully saturated rings. The fourth-order valence-corrected chi connectivity index (χ4v) is 3.30. The van der Waals surface area contributed by atoms with Crippen LogP contribution < -0.4 is 5.32 Å². The highest BCUT2D eigenvalue weighted by Gasteiger charge is 2.31. The molecule has 1 unspecified atom stereocenters. The molecule has 1 atom stereocenters. The molecule has 21 heavy (non-hydrogen) atoms. The van der Waals surface area contributed by atoms with Crippen molar-refractivity contribution in [1.29, 1.82) is 0 Å². The van der Waals surface area contributed by atoms with Crippen LogP contribution in [0.15, 0.2) is 4.42 Å². The maximum atomic E-state index is 13.0. The maximum absolute atomic E-state index is 13.0. The lowest BCUT2D eigenvalue weighted by Gasteiger charge is -2.26. The van der Waals surface area contributed by atoms with Crippen molar-refractivity contribution in [2.75, 3.05) is 19.6 Å². The van der Waals surface area contributed by atoms with Crippen molar-refractivity contribution in [3.05, 3.63) is 22.6 Å². The number of amides is 1. The molecule has 4 nitrogen and oxygen atoms in total. The first-order chi connectivity index (χ1) is 10.1. The Kier molecular flexibility index (Phi) is 4.07. The minimum atomic E-state index is 0.155. The van der Waals surface area contributed by atoms with Gasteiger partial charge in [-0.2, -0.15) is 0 Å². The van der Waals surface area contributed by atoms with Crippen LogP contribution in [0.25, 0.3) is 0 Å². The number of hydrogen-bond donors (Lipinski definition) is 1. The van der Waals surface area contributed by atoms with E-state index >= 15 is 0 Å². The fourth-order valence-electron chi connectivity index (χ4n) is 3.30. The molecule has 1 saturated carbocycles. The van der Waals surface area contributed by atoms with Crippen LogP contribution in [0.4, 0.5) is 0 Å². The highest BCUT2D eigenvalue weighted by molar-refractivity contribution is 5.97. The van der Waals surface area contributed by atoms with Crippen LogP contribution in [0.2, 0.25) is 0 Å². The molecule has 3 rings (SSSR count). The van der Waals surface area contributed by atoms with E-state index in [-0.39, 0.29) is 5.91 Å². The van der Waals surface area contributed by atoms with Crippen molar-refractivity contribution in [3.8, 4) is 0 Å². The lowest BCUT2D eigenvalue weighted by atomic mass is 10.1. The van der Waals surface area contributed by atoms with E-state index in [0.29, 0.717) is 12.0 Å². The van der Waals surface area contributed by atoms with Crippen molar-refractivity contribution in [2.24, 2.45) is 5.92 Å². The lowest BCUT2D eigenvalue weighted by molar-refractivity contribution is 0.0731. The summed E-state index contributed by atoms with van der Waals surface area (Å²) in [4.78, 5) is 15.0. The Labute approximate surface area is 126 Å². The van der Waals surface area contributed by atoms with E-state index in [1.807, 2.05) is 20.8 Å². The molecule has 0 bridgehead atoms. The zero-order chi connectivity index (χ0) is 15.0. The number of aryl methyl sites for hydroxylation is 2. The predicted octanol–water partition coefficient (Wildman–Crippen LogP) is 2.81. The SMILES string of the molecule is Cc1oc(C)c(C(=O)N(CC2CC2)CC2CCCN2)c1C. The van der Waals surface area contributed by atoms with E-state index in [1.54, 1.807) is 0 Å². The number of carbonyl (C=O) groups is 1. The quantitative estimate of drug-likeness (QED) is 0.907. The zero-order valence-electron chi connectivity index (χ0n) is 13.4. The van der Waals surface area contributed by atoms with E-state index in [4.69, 9.17) is 4.42 Å². The second kappa shape index (κ2) is 5.84. The third-order valence-electron chi connectivity index (χ3n) is 4.84. The molecule has 1 amide bonds. The van der Waals surface area contributed by atoms with Gasteiger partial charge in [-0.3, -0.25) is 4.79 Å². The predicted molar refractivity (Wildman–Crippen MR) is 82.6 cm³/mol. The fraction of sp³-hybridized carbons (Fsp3) is 0.706. The largest absolute Gasteiger partial charge is 0.466 e. The summed E-state index contributed by atoms with van der Waals surface area (Å²) in [7, 11) is 0. The Morgan fingerprint density at radius 1 is 1.19 bits per heavy atom. The van der Waals surface area contributed by atoms with Crippen molar-refractivity contribution in [2.45, 2.75) is 52.5 Å². The van der Waals surface area contributed by atoms with Gasteiger partial charge in [0.15, 0.2) is 0 Å². The molecule has 1 saturated heterocycles. The van der Waals surface area contributed by atoms with Gasteiger partial charge < -0.3 is 14.6 Å². The average molecular weight is 290 g/mol. The standard InChI is InChI=1S/C17H26N2O2/c1-11-12(2)21-13(3)16(11)17(20)19(9-14-6-7-14)10-15-5-4-8-18-15/h14-15,18H,4-10H2,1-3H3. The van der Waals surface area contributed by atoms with Gasteiger partial charge in [0, 0.05) is 24.7 Å². The molecule has 2 heterocycles. The summed E-state index contributed by atoms with van der Waals surface area (Å²) in [5.74, 6) is 2.49. The molecule has 1 aromatic heterocycles. The monoisotopic (exact) mass is 290 g/mol. The number of hydrogen-bond acceptors (Lipinski definition) is 3. The van der Waals surface area contributed by atoms with Gasteiger partial charge >= 0.3 is 0 Å². The summed E-state index contributed by atoms with van der Waals surface area (Å²) in [6.07, 6.45) is 4.93. The maximum Gasteiger partial charge on any atom is 0.257 e. The van der Waals surface area contributed by atoms with Gasteiger partial charge in [0.25, 0.3) is 5.91 Å². The zero-order valence-corrected chi connectivity index (χ0v) is 13.4. The van der Waals surface area contributed by atoms with E-state index in [2.05, 4.69) is 10.2 Å². The van der Waals surface area contributed by atoms with Gasteiger partial charge in [-0.15, -0.1) is 0 Å². The van der Waals surface area contributed by atoms with E-state index in [0.717, 1.165) is 42.3 Å². The molecule has 0 spiro atoms. The Morgan fingerprint density at radius 3 is 2.48 bits per heavy atom. The molecule has 1 aliphatic heterocycles. The van der Waals surface area contributed by atoms with Crippen LogP contribution >= 0.6 is 0 Å². The topological polar surface area (TPSA) is 45.5 Å². The summed E-state index contributed by atoms with van der Waals surface area (Å²) >= 11 is 0. The molecule has 0 radical (unpaired) electrons. The molecule has 116 valence electrons. The van der Waals surface area contributed by atoms with Gasteiger partial charge in [0.05, 0.1) is 5.56 Å². The van der Waals surface area contributed by atoms with Crippen LogP contribution in [-0.2, 0) is 0 Å². The number of rotatable bonds is 5. The Bertz CT molecular complexity index is 525. The minimum absolute atomic E-state index is 0.155. The van der Waals surface area contributed by atoms with E-state index in [1.165, 1.54) is 25.7 Å². The van der Waals surface area contributed by atoms with Gasteiger partial charge in [0.2, 0.25) is 0 Å². The van der Waals surface area contributed by atoms with Crippen molar-refractivity contribution < 1.29 is 9.21 Å². The van der Waals surface area contributed by atoms with Crippen molar-refractivity contribution in [1.82, 2.24) is 10.2 Å². The summed E-state index contributed by atoms with van der Waals surface area (Å²) in [5.41, 5.74) is 1.78. The molecule has 4 heteroatoms. The Balaban J connectivity index is 1.78. The lowest BCUT2D eigenvalue weighted by Crippen LogP contribution is -2.42. The molecule has 2 aliphatic rings. The van der Waals surface area contributed by atoms with Gasteiger partial charge in [0.1, 0.15) is 11.5 Å². The molecular weight excluding hydrogens is 264 g/mol. The average Bonchev–Trinajstić information content (AvgIpc) is 3.03. The molecule has 0 aromatic carbocycles. The second-order valence-electron chi connectivity index (χ2n) is 6.66. The first-order valence-electron chi connectivity index (χ1n) is 8.15. The normalized spacial score (nSPS) is 21.8.